The number of benzene rings is 1. The summed E-state index contributed by atoms with van der Waals surface area (Å²) >= 11 is 0. The number of hydrogen-bond acceptors (Lipinski definition) is 4. The van der Waals surface area contributed by atoms with E-state index in [1.807, 2.05) is 22.9 Å². The number of nitrogen functional groups attached to an aromatic ring is 1. The molecule has 0 aliphatic carbocycles. The maximum Gasteiger partial charge on any atom is 0.136 e. The molecule has 2 heterocycles. The van der Waals surface area contributed by atoms with Gasteiger partial charge in [0.1, 0.15) is 5.52 Å². The van der Waals surface area contributed by atoms with Gasteiger partial charge in [-0.25, -0.2) is 4.68 Å². The Morgan fingerprint density at radius 3 is 3.18 bits per heavy atom. The average Bonchev–Trinajstić information content (AvgIpc) is 2.76. The summed E-state index contributed by atoms with van der Waals surface area (Å²) in [7, 11) is 0. The normalized spacial score (nSPS) is 20.8. The number of nitrogens with two attached hydrogens (primary N) is 1. The summed E-state index contributed by atoms with van der Waals surface area (Å²) in [6, 6.07) is 5.77. The second-order valence-electron chi connectivity index (χ2n) is 4.48. The van der Waals surface area contributed by atoms with E-state index in [-0.39, 0.29) is 6.10 Å². The lowest BCUT2D eigenvalue weighted by atomic mass is 10.1. The quantitative estimate of drug-likeness (QED) is 0.798. The van der Waals surface area contributed by atoms with Crippen LogP contribution in [0.3, 0.4) is 0 Å². The molecule has 17 heavy (non-hydrogen) atoms. The minimum Gasteiger partial charge on any atom is -0.397 e. The molecule has 1 atom stereocenters. The van der Waals surface area contributed by atoms with Crippen molar-refractivity contribution in [1.29, 1.82) is 0 Å². The lowest BCUT2D eigenvalue weighted by Gasteiger charge is -2.22. The van der Waals surface area contributed by atoms with E-state index in [1.54, 1.807) is 0 Å². The predicted molar refractivity (Wildman–Crippen MR) is 65.5 cm³/mol. The molecule has 1 aliphatic rings. The third-order valence-corrected chi connectivity index (χ3v) is 3.23. The van der Waals surface area contributed by atoms with Crippen LogP contribution in [-0.2, 0) is 11.3 Å². The molecule has 90 valence electrons. The molecule has 5 heteroatoms. The standard InChI is InChI=1S/C12H16N4O/c13-10-5-3-6-11-12(10)14-15-16(11)8-9-4-1-2-7-17-9/h3,5-6,9H,1-2,4,7-8,13H2. The largest absolute Gasteiger partial charge is 0.397 e. The number of ether oxygens (including phenoxy) is 1. The van der Waals surface area contributed by atoms with E-state index < -0.39 is 0 Å². The first-order chi connectivity index (χ1) is 8.34. The fraction of sp³-hybridized carbons (Fsp3) is 0.500. The summed E-state index contributed by atoms with van der Waals surface area (Å²) in [6.07, 6.45) is 3.76. The summed E-state index contributed by atoms with van der Waals surface area (Å²) in [5.41, 5.74) is 8.30. The maximum absolute atomic E-state index is 5.86. The van der Waals surface area contributed by atoms with Crippen LogP contribution < -0.4 is 5.73 Å². The molecule has 1 fully saturated rings. The van der Waals surface area contributed by atoms with Gasteiger partial charge in [0, 0.05) is 6.61 Å². The zero-order chi connectivity index (χ0) is 11.7. The summed E-state index contributed by atoms with van der Waals surface area (Å²) in [5, 5.41) is 8.27. The van der Waals surface area contributed by atoms with Gasteiger partial charge < -0.3 is 10.5 Å². The molecule has 2 aromatic rings. The first kappa shape index (κ1) is 10.5. The minimum atomic E-state index is 0.259. The van der Waals surface area contributed by atoms with Crippen molar-refractivity contribution in [3.63, 3.8) is 0 Å². The summed E-state index contributed by atoms with van der Waals surface area (Å²) < 4.78 is 7.60. The van der Waals surface area contributed by atoms with Gasteiger partial charge in [-0.15, -0.1) is 5.10 Å². The van der Waals surface area contributed by atoms with Crippen LogP contribution in [0.4, 0.5) is 5.69 Å². The van der Waals surface area contributed by atoms with E-state index in [1.165, 1.54) is 12.8 Å². The van der Waals surface area contributed by atoms with E-state index in [2.05, 4.69) is 10.3 Å². The van der Waals surface area contributed by atoms with Crippen molar-refractivity contribution in [2.24, 2.45) is 0 Å². The van der Waals surface area contributed by atoms with Crippen molar-refractivity contribution in [2.75, 3.05) is 12.3 Å². The monoisotopic (exact) mass is 232 g/mol. The van der Waals surface area contributed by atoms with Gasteiger partial charge in [-0.2, -0.15) is 0 Å². The van der Waals surface area contributed by atoms with Crippen LogP contribution in [0.15, 0.2) is 18.2 Å². The van der Waals surface area contributed by atoms with Gasteiger partial charge in [0.2, 0.25) is 0 Å². The fourth-order valence-electron chi connectivity index (χ4n) is 2.29. The highest BCUT2D eigenvalue weighted by Crippen LogP contribution is 2.20. The first-order valence-electron chi connectivity index (χ1n) is 6.04. The highest BCUT2D eigenvalue weighted by atomic mass is 16.5. The summed E-state index contributed by atoms with van der Waals surface area (Å²) in [6.45, 7) is 1.62. The molecule has 1 unspecified atom stereocenters. The number of fused-ring (bicyclic) bond motifs is 1. The molecule has 0 radical (unpaired) electrons. The van der Waals surface area contributed by atoms with Crippen LogP contribution in [0, 0.1) is 0 Å². The average molecular weight is 232 g/mol. The van der Waals surface area contributed by atoms with Crippen LogP contribution in [-0.4, -0.2) is 27.7 Å². The SMILES string of the molecule is Nc1cccc2c1nnn2CC1CCCCO1. The van der Waals surface area contributed by atoms with Crippen LogP contribution in [0.2, 0.25) is 0 Å². The van der Waals surface area contributed by atoms with Gasteiger partial charge in [-0.05, 0) is 31.4 Å². The lowest BCUT2D eigenvalue weighted by molar-refractivity contribution is 0.00443. The summed E-state index contributed by atoms with van der Waals surface area (Å²) in [4.78, 5) is 0. The van der Waals surface area contributed by atoms with Crippen LogP contribution in [0.25, 0.3) is 11.0 Å². The molecule has 0 bridgehead atoms. The molecule has 0 saturated carbocycles. The minimum absolute atomic E-state index is 0.259. The molecule has 1 aromatic carbocycles. The molecule has 2 N–H and O–H groups in total. The van der Waals surface area contributed by atoms with E-state index in [0.717, 1.165) is 30.6 Å². The Bertz CT molecular complexity index is 516. The van der Waals surface area contributed by atoms with Gasteiger partial charge in [0.15, 0.2) is 0 Å². The number of hydrogen-bond donors (Lipinski definition) is 1. The molecular weight excluding hydrogens is 216 g/mol. The first-order valence-corrected chi connectivity index (χ1v) is 6.04. The fourth-order valence-corrected chi connectivity index (χ4v) is 2.29. The second-order valence-corrected chi connectivity index (χ2v) is 4.48. The van der Waals surface area contributed by atoms with Crippen molar-refractivity contribution < 1.29 is 4.74 Å². The van der Waals surface area contributed by atoms with Crippen molar-refractivity contribution in [1.82, 2.24) is 15.0 Å². The highest BCUT2D eigenvalue weighted by Gasteiger charge is 2.16. The number of nitrogens with zero attached hydrogens (tertiary/aromatic N) is 3. The Balaban J connectivity index is 1.87. The van der Waals surface area contributed by atoms with Gasteiger partial charge in [-0.3, -0.25) is 0 Å². The summed E-state index contributed by atoms with van der Waals surface area (Å²) in [5.74, 6) is 0. The van der Waals surface area contributed by atoms with E-state index in [0.29, 0.717) is 5.69 Å². The molecule has 5 nitrogen and oxygen atoms in total. The number of anilines is 1. The Hall–Kier alpha value is -1.62. The Morgan fingerprint density at radius 2 is 2.35 bits per heavy atom. The molecule has 1 aromatic heterocycles. The van der Waals surface area contributed by atoms with Crippen molar-refractivity contribution in [3.8, 4) is 0 Å². The molecule has 1 aliphatic heterocycles. The lowest BCUT2D eigenvalue weighted by Crippen LogP contribution is -2.24. The third-order valence-electron chi connectivity index (χ3n) is 3.23. The van der Waals surface area contributed by atoms with Gasteiger partial charge >= 0.3 is 0 Å². The predicted octanol–water partition coefficient (Wildman–Crippen LogP) is 1.58. The second kappa shape index (κ2) is 4.33. The van der Waals surface area contributed by atoms with E-state index in [9.17, 15) is 0 Å². The van der Waals surface area contributed by atoms with Crippen molar-refractivity contribution >= 4 is 16.7 Å². The van der Waals surface area contributed by atoms with Crippen molar-refractivity contribution in [3.05, 3.63) is 18.2 Å². The van der Waals surface area contributed by atoms with Crippen LogP contribution in [0.1, 0.15) is 19.3 Å². The number of rotatable bonds is 2. The van der Waals surface area contributed by atoms with E-state index >= 15 is 0 Å². The Labute approximate surface area is 99.5 Å². The van der Waals surface area contributed by atoms with Gasteiger partial charge in [-0.1, -0.05) is 11.3 Å². The molecular formula is C12H16N4O. The smallest absolute Gasteiger partial charge is 0.136 e. The van der Waals surface area contributed by atoms with E-state index in [4.69, 9.17) is 10.5 Å². The van der Waals surface area contributed by atoms with Gasteiger partial charge in [0.05, 0.1) is 23.9 Å². The topological polar surface area (TPSA) is 66.0 Å². The molecule has 3 rings (SSSR count). The Morgan fingerprint density at radius 1 is 1.41 bits per heavy atom. The van der Waals surface area contributed by atoms with Crippen LogP contribution >= 0.6 is 0 Å². The Kier molecular flexibility index (Phi) is 2.68. The molecule has 0 spiro atoms. The third kappa shape index (κ3) is 1.98. The van der Waals surface area contributed by atoms with Gasteiger partial charge in [0.25, 0.3) is 0 Å². The zero-order valence-corrected chi connectivity index (χ0v) is 9.67. The maximum atomic E-state index is 5.86. The highest BCUT2D eigenvalue weighted by molar-refractivity contribution is 5.86. The van der Waals surface area contributed by atoms with Crippen LogP contribution in [0.5, 0.6) is 0 Å². The van der Waals surface area contributed by atoms with Crippen molar-refractivity contribution in [2.45, 2.75) is 31.9 Å². The molecule has 1 saturated heterocycles. The zero-order valence-electron chi connectivity index (χ0n) is 9.67. The number of aromatic nitrogens is 3. The molecule has 0 amide bonds.